The Kier molecular flexibility index (Phi) is 14.5. The molecule has 39 heavy (non-hydrogen) atoms. The van der Waals surface area contributed by atoms with E-state index in [2.05, 4.69) is 34.9 Å². The predicted molar refractivity (Wildman–Crippen MR) is 155 cm³/mol. The average Bonchev–Trinajstić information content (AvgIpc) is 2.93. The average molecular weight is 539 g/mol. The lowest BCUT2D eigenvalue weighted by Gasteiger charge is -2.11. The van der Waals surface area contributed by atoms with Crippen LogP contribution in [0.15, 0.2) is 58.7 Å². The maximum Gasteiger partial charge on any atom is 0.332 e. The summed E-state index contributed by atoms with van der Waals surface area (Å²) in [4.78, 5) is 22.6. The van der Waals surface area contributed by atoms with Gasteiger partial charge in [0.25, 0.3) is 0 Å². The van der Waals surface area contributed by atoms with Gasteiger partial charge < -0.3 is 20.9 Å². The molecule has 0 aromatic heterocycles. The number of primary amides is 2. The minimum atomic E-state index is -0.742. The van der Waals surface area contributed by atoms with Crippen LogP contribution in [-0.2, 0) is 0 Å². The number of rotatable bonds is 18. The SMILES string of the molecule is CCCCCOc1ccc(C(CCCC(=NNC(N)=O)c2ccc(OCCCCC)cc2)=NNC(N)=O)cc1. The van der Waals surface area contributed by atoms with Crippen molar-refractivity contribution in [2.45, 2.75) is 71.6 Å². The molecule has 0 aliphatic heterocycles. The molecule has 0 radical (unpaired) electrons. The van der Waals surface area contributed by atoms with Crippen LogP contribution in [-0.4, -0.2) is 36.7 Å². The van der Waals surface area contributed by atoms with Crippen molar-refractivity contribution in [3.8, 4) is 11.5 Å². The van der Waals surface area contributed by atoms with E-state index in [1.54, 1.807) is 0 Å². The fourth-order valence-corrected chi connectivity index (χ4v) is 3.77. The van der Waals surface area contributed by atoms with E-state index < -0.39 is 12.1 Å². The molecule has 0 aliphatic rings. The summed E-state index contributed by atoms with van der Waals surface area (Å²) in [5.74, 6) is 1.56. The molecule has 0 atom stereocenters. The number of carbonyl (C=O) groups excluding carboxylic acids is 2. The largest absolute Gasteiger partial charge is 0.494 e. The first-order chi connectivity index (χ1) is 18.9. The summed E-state index contributed by atoms with van der Waals surface area (Å²) in [6.07, 6.45) is 8.22. The zero-order valence-electron chi connectivity index (χ0n) is 23.1. The number of carbonyl (C=O) groups is 2. The summed E-state index contributed by atoms with van der Waals surface area (Å²) in [6, 6.07) is 13.7. The van der Waals surface area contributed by atoms with Gasteiger partial charge in [0.15, 0.2) is 0 Å². The van der Waals surface area contributed by atoms with Crippen molar-refractivity contribution in [3.05, 3.63) is 59.7 Å². The maximum atomic E-state index is 11.3. The first-order valence-corrected chi connectivity index (χ1v) is 13.6. The molecule has 10 heteroatoms. The second kappa shape index (κ2) is 18.2. The van der Waals surface area contributed by atoms with E-state index in [4.69, 9.17) is 20.9 Å². The molecule has 0 saturated carbocycles. The van der Waals surface area contributed by atoms with Crippen molar-refractivity contribution >= 4 is 23.5 Å². The van der Waals surface area contributed by atoms with Crippen LogP contribution in [0.3, 0.4) is 0 Å². The smallest absolute Gasteiger partial charge is 0.332 e. The Hall–Kier alpha value is -4.08. The number of hydrogen-bond donors (Lipinski definition) is 4. The number of nitrogens with one attached hydrogen (secondary N) is 2. The van der Waals surface area contributed by atoms with Gasteiger partial charge in [-0.25, -0.2) is 20.4 Å². The fourth-order valence-electron chi connectivity index (χ4n) is 3.77. The number of nitrogens with zero attached hydrogens (tertiary/aromatic N) is 2. The van der Waals surface area contributed by atoms with Gasteiger partial charge in [-0.2, -0.15) is 10.2 Å². The zero-order chi connectivity index (χ0) is 28.3. The number of hydrogen-bond acceptors (Lipinski definition) is 6. The molecule has 0 spiro atoms. The van der Waals surface area contributed by atoms with Gasteiger partial charge in [-0.1, -0.05) is 39.5 Å². The molecule has 6 N–H and O–H groups in total. The number of urea groups is 2. The lowest BCUT2D eigenvalue weighted by Crippen LogP contribution is -2.26. The van der Waals surface area contributed by atoms with Gasteiger partial charge >= 0.3 is 12.1 Å². The fraction of sp³-hybridized carbons (Fsp3) is 0.448. The van der Waals surface area contributed by atoms with Gasteiger partial charge in [-0.3, -0.25) is 0 Å². The van der Waals surface area contributed by atoms with Gasteiger partial charge in [0.1, 0.15) is 11.5 Å². The van der Waals surface area contributed by atoms with Gasteiger partial charge in [0.2, 0.25) is 0 Å². The van der Waals surface area contributed by atoms with Crippen molar-refractivity contribution < 1.29 is 19.1 Å². The van der Waals surface area contributed by atoms with Gasteiger partial charge in [0.05, 0.1) is 24.6 Å². The molecule has 4 amide bonds. The molecule has 2 aromatic rings. The van der Waals surface area contributed by atoms with Crippen LogP contribution < -0.4 is 31.8 Å². The molecule has 10 nitrogen and oxygen atoms in total. The topological polar surface area (TPSA) is 153 Å². The van der Waals surface area contributed by atoms with E-state index in [1.165, 1.54) is 0 Å². The summed E-state index contributed by atoms with van der Waals surface area (Å²) < 4.78 is 11.6. The molecule has 0 unspecified atom stereocenters. The van der Waals surface area contributed by atoms with E-state index in [0.717, 1.165) is 61.2 Å². The summed E-state index contributed by atoms with van der Waals surface area (Å²) in [6.45, 7) is 5.65. The van der Waals surface area contributed by atoms with Crippen molar-refractivity contribution in [2.75, 3.05) is 13.2 Å². The first kappa shape index (κ1) is 31.1. The molecular formula is C29H42N6O4. The molecule has 0 bridgehead atoms. The molecule has 0 aliphatic carbocycles. The molecule has 0 saturated heterocycles. The summed E-state index contributed by atoms with van der Waals surface area (Å²) in [7, 11) is 0. The van der Waals surface area contributed by atoms with Crippen molar-refractivity contribution in [2.24, 2.45) is 21.7 Å². The summed E-state index contributed by atoms with van der Waals surface area (Å²) >= 11 is 0. The molecule has 2 aromatic carbocycles. The Morgan fingerprint density at radius 1 is 0.641 bits per heavy atom. The van der Waals surface area contributed by atoms with Crippen LogP contribution in [0.2, 0.25) is 0 Å². The number of amides is 4. The monoisotopic (exact) mass is 538 g/mol. The second-order valence-electron chi connectivity index (χ2n) is 9.08. The Morgan fingerprint density at radius 2 is 1.03 bits per heavy atom. The van der Waals surface area contributed by atoms with Crippen LogP contribution in [0.4, 0.5) is 9.59 Å². The third-order valence-electron chi connectivity index (χ3n) is 5.84. The van der Waals surface area contributed by atoms with Crippen molar-refractivity contribution in [3.63, 3.8) is 0 Å². The number of unbranched alkanes of at least 4 members (excludes halogenated alkanes) is 4. The lowest BCUT2D eigenvalue weighted by atomic mass is 10.0. The lowest BCUT2D eigenvalue weighted by molar-refractivity contribution is 0.248. The van der Waals surface area contributed by atoms with Crippen LogP contribution in [0.5, 0.6) is 11.5 Å². The Balaban J connectivity index is 2.06. The van der Waals surface area contributed by atoms with E-state index >= 15 is 0 Å². The minimum Gasteiger partial charge on any atom is -0.494 e. The molecular weight excluding hydrogens is 496 g/mol. The molecule has 0 heterocycles. The Labute approximate surface area is 231 Å². The zero-order valence-corrected chi connectivity index (χ0v) is 23.1. The van der Waals surface area contributed by atoms with Gasteiger partial charge in [-0.15, -0.1) is 0 Å². The number of ether oxygens (including phenoxy) is 2. The van der Waals surface area contributed by atoms with Crippen LogP contribution in [0.25, 0.3) is 0 Å². The minimum absolute atomic E-state index is 0.519. The standard InChI is InChI=1S/C29H42N6O4/c1-3-5-7-20-38-24-16-12-22(13-17-24)26(32-34-28(30)36)10-9-11-27(33-35-29(31)37)23-14-18-25(19-15-23)39-21-8-6-4-2/h12-19H,3-11,20-21H2,1-2H3,(H3,30,34,36)(H3,31,35,37). The third kappa shape index (κ3) is 12.8. The van der Waals surface area contributed by atoms with Crippen molar-refractivity contribution in [1.82, 2.24) is 10.9 Å². The molecule has 212 valence electrons. The summed E-state index contributed by atoms with van der Waals surface area (Å²) in [5.41, 5.74) is 18.1. The predicted octanol–water partition coefficient (Wildman–Crippen LogP) is 5.44. The van der Waals surface area contributed by atoms with E-state index in [1.807, 2.05) is 48.5 Å². The van der Waals surface area contributed by atoms with E-state index in [0.29, 0.717) is 43.9 Å². The first-order valence-electron chi connectivity index (χ1n) is 13.6. The molecule has 2 rings (SSSR count). The highest BCUT2D eigenvalue weighted by Crippen LogP contribution is 2.18. The Bertz CT molecular complexity index is 983. The van der Waals surface area contributed by atoms with Crippen LogP contribution in [0.1, 0.15) is 82.8 Å². The van der Waals surface area contributed by atoms with Gasteiger partial charge in [-0.05, 0) is 91.8 Å². The highest BCUT2D eigenvalue weighted by Gasteiger charge is 2.10. The van der Waals surface area contributed by atoms with E-state index in [9.17, 15) is 9.59 Å². The number of hydrazone groups is 2. The second-order valence-corrected chi connectivity index (χ2v) is 9.08. The van der Waals surface area contributed by atoms with E-state index in [-0.39, 0.29) is 0 Å². The number of nitrogens with two attached hydrogens (primary N) is 2. The Morgan fingerprint density at radius 3 is 1.36 bits per heavy atom. The van der Waals surface area contributed by atoms with Crippen LogP contribution in [0, 0.1) is 0 Å². The maximum absolute atomic E-state index is 11.3. The third-order valence-corrected chi connectivity index (χ3v) is 5.84. The summed E-state index contributed by atoms with van der Waals surface area (Å²) in [5, 5.41) is 8.42. The number of benzene rings is 2. The van der Waals surface area contributed by atoms with Crippen LogP contribution >= 0.6 is 0 Å². The van der Waals surface area contributed by atoms with Crippen molar-refractivity contribution in [1.29, 1.82) is 0 Å². The highest BCUT2D eigenvalue weighted by atomic mass is 16.5. The molecule has 0 fully saturated rings. The highest BCUT2D eigenvalue weighted by molar-refractivity contribution is 6.03. The normalized spacial score (nSPS) is 11.6. The quantitative estimate of drug-likeness (QED) is 0.113. The van der Waals surface area contributed by atoms with Gasteiger partial charge in [0, 0.05) is 0 Å².